The van der Waals surface area contributed by atoms with Crippen LogP contribution in [0.5, 0.6) is 0 Å². The lowest BCUT2D eigenvalue weighted by Crippen LogP contribution is -2.12. The molecule has 0 aliphatic heterocycles. The van der Waals surface area contributed by atoms with Gasteiger partial charge in [-0.2, -0.15) is 0 Å². The second-order valence-electron chi connectivity index (χ2n) is 8.29. The first kappa shape index (κ1) is 22.5. The van der Waals surface area contributed by atoms with Crippen molar-refractivity contribution < 1.29 is 9.50 Å². The third-order valence-corrected chi connectivity index (χ3v) is 7.15. The van der Waals surface area contributed by atoms with E-state index in [0.717, 1.165) is 26.7 Å². The van der Waals surface area contributed by atoms with Gasteiger partial charge in [-0.25, -0.2) is 19.3 Å². The average molecular weight is 497 g/mol. The predicted molar refractivity (Wildman–Crippen MR) is 136 cm³/mol. The minimum absolute atomic E-state index is 0.109. The van der Waals surface area contributed by atoms with Crippen molar-refractivity contribution in [1.29, 1.82) is 0 Å². The number of nitrogens with one attached hydrogen (secondary N) is 2. The molecule has 1 aliphatic carbocycles. The number of nitrogens with two attached hydrogens (primary N) is 1. The Labute approximate surface area is 204 Å². The summed E-state index contributed by atoms with van der Waals surface area (Å²) in [5.41, 5.74) is 9.13. The third-order valence-electron chi connectivity index (χ3n) is 5.82. The number of anilines is 3. The molecule has 174 valence electrons. The molecule has 0 bridgehead atoms. The number of benzene rings is 1. The standard InChI is InChI=1S/C24H22ClFN6OS/c1-11-7-16(25)18(26)17(8-11)31-23-14-4-3-12(2)19(13(14)5-6-28-23)32-24(33)15-9-34-21-20(15)29-10-30-22(21)27/h3-6,8-11,24,32-33H,7H2,1-2H3,(H,28,31)(H2,27,29,30). The van der Waals surface area contributed by atoms with Gasteiger partial charge < -0.3 is 21.5 Å². The average Bonchev–Trinajstić information content (AvgIpc) is 3.25. The summed E-state index contributed by atoms with van der Waals surface area (Å²) >= 11 is 7.48. The maximum Gasteiger partial charge on any atom is 0.160 e. The molecular formula is C24H22ClFN6OS. The van der Waals surface area contributed by atoms with Gasteiger partial charge in [0.05, 0.1) is 20.9 Å². The molecule has 7 nitrogen and oxygen atoms in total. The van der Waals surface area contributed by atoms with Crippen LogP contribution >= 0.6 is 22.9 Å². The number of rotatable bonds is 5. The van der Waals surface area contributed by atoms with Crippen LogP contribution in [0.1, 0.15) is 30.7 Å². The summed E-state index contributed by atoms with van der Waals surface area (Å²) in [4.78, 5) is 12.7. The fourth-order valence-electron chi connectivity index (χ4n) is 4.11. The highest BCUT2D eigenvalue weighted by Gasteiger charge is 2.21. The number of aryl methyl sites for hydroxylation is 1. The number of hydrogen-bond acceptors (Lipinski definition) is 8. The highest BCUT2D eigenvalue weighted by molar-refractivity contribution is 7.18. The Hall–Kier alpha value is -3.27. The molecule has 0 radical (unpaired) electrons. The number of aromatic nitrogens is 3. The monoisotopic (exact) mass is 496 g/mol. The van der Waals surface area contributed by atoms with E-state index in [1.807, 2.05) is 43.5 Å². The van der Waals surface area contributed by atoms with Gasteiger partial charge in [0.2, 0.25) is 0 Å². The second-order valence-corrected chi connectivity index (χ2v) is 9.63. The van der Waals surface area contributed by atoms with Gasteiger partial charge >= 0.3 is 0 Å². The molecule has 0 fully saturated rings. The molecule has 0 saturated carbocycles. The lowest BCUT2D eigenvalue weighted by Gasteiger charge is -2.21. The van der Waals surface area contributed by atoms with E-state index in [-0.39, 0.29) is 11.0 Å². The molecule has 4 aromatic rings. The van der Waals surface area contributed by atoms with Gasteiger partial charge in [0.1, 0.15) is 18.0 Å². The largest absolute Gasteiger partial charge is 0.382 e. The molecule has 2 unspecified atom stereocenters. The summed E-state index contributed by atoms with van der Waals surface area (Å²) in [6, 6.07) is 5.69. The van der Waals surface area contributed by atoms with Crippen LogP contribution < -0.4 is 16.4 Å². The van der Waals surface area contributed by atoms with E-state index >= 15 is 0 Å². The Morgan fingerprint density at radius 3 is 2.88 bits per heavy atom. The van der Waals surface area contributed by atoms with Crippen LogP contribution in [-0.4, -0.2) is 20.1 Å². The minimum atomic E-state index is -1.03. The third kappa shape index (κ3) is 3.96. The molecule has 0 spiro atoms. The van der Waals surface area contributed by atoms with E-state index < -0.39 is 12.1 Å². The molecule has 2 atom stereocenters. The number of aliphatic hydroxyl groups is 1. The summed E-state index contributed by atoms with van der Waals surface area (Å²) < 4.78 is 15.4. The Bertz CT molecular complexity index is 1480. The number of thiophene rings is 1. The van der Waals surface area contributed by atoms with Crippen molar-refractivity contribution in [3.8, 4) is 0 Å². The number of fused-ring (bicyclic) bond motifs is 2. The van der Waals surface area contributed by atoms with Crippen molar-refractivity contribution in [2.24, 2.45) is 5.92 Å². The molecule has 0 saturated heterocycles. The maximum absolute atomic E-state index is 14.7. The quantitative estimate of drug-likeness (QED) is 0.251. The Kier molecular flexibility index (Phi) is 5.85. The molecule has 5 rings (SSSR count). The summed E-state index contributed by atoms with van der Waals surface area (Å²) in [5.74, 6) is 0.517. The topological polar surface area (TPSA) is 109 Å². The minimum Gasteiger partial charge on any atom is -0.382 e. The summed E-state index contributed by atoms with van der Waals surface area (Å²) in [5, 5.41) is 21.0. The van der Waals surface area contributed by atoms with E-state index in [2.05, 4.69) is 25.6 Å². The van der Waals surface area contributed by atoms with E-state index in [4.69, 9.17) is 17.3 Å². The lowest BCUT2D eigenvalue weighted by atomic mass is 10.00. The second kappa shape index (κ2) is 8.83. The molecule has 10 heteroatoms. The first-order valence-corrected chi connectivity index (χ1v) is 11.9. The van der Waals surface area contributed by atoms with Crippen LogP contribution in [0.15, 0.2) is 58.7 Å². The van der Waals surface area contributed by atoms with Crippen LogP contribution in [0.2, 0.25) is 0 Å². The molecule has 0 amide bonds. The normalized spacial score (nSPS) is 17.2. The zero-order chi connectivity index (χ0) is 24.0. The number of nitrogens with zero attached hydrogens (tertiary/aromatic N) is 3. The molecular weight excluding hydrogens is 475 g/mol. The van der Waals surface area contributed by atoms with Crippen LogP contribution in [0.4, 0.5) is 21.7 Å². The van der Waals surface area contributed by atoms with E-state index in [0.29, 0.717) is 34.8 Å². The summed E-state index contributed by atoms with van der Waals surface area (Å²) in [6.45, 7) is 3.92. The van der Waals surface area contributed by atoms with E-state index in [1.54, 1.807) is 6.20 Å². The highest BCUT2D eigenvalue weighted by Crippen LogP contribution is 2.37. The highest BCUT2D eigenvalue weighted by atomic mass is 35.5. The van der Waals surface area contributed by atoms with Crippen molar-refractivity contribution in [2.45, 2.75) is 26.5 Å². The lowest BCUT2D eigenvalue weighted by molar-refractivity contribution is 0.210. The van der Waals surface area contributed by atoms with Crippen LogP contribution in [-0.2, 0) is 0 Å². The number of aliphatic hydroxyl groups excluding tert-OH is 1. The number of halogens is 2. The fraction of sp³-hybridized carbons (Fsp3) is 0.208. The SMILES string of the molecule is Cc1ccc2c(NC3=CC(C)CC(Cl)=C3F)nccc2c1NC(O)c1csc2c(N)ncnc12. The van der Waals surface area contributed by atoms with Gasteiger partial charge in [-0.1, -0.05) is 36.7 Å². The van der Waals surface area contributed by atoms with Crippen molar-refractivity contribution in [1.82, 2.24) is 15.0 Å². The number of nitrogen functional groups attached to an aromatic ring is 1. The molecule has 1 aliphatic rings. The smallest absolute Gasteiger partial charge is 0.160 e. The van der Waals surface area contributed by atoms with E-state index in [1.165, 1.54) is 17.7 Å². The van der Waals surface area contributed by atoms with Gasteiger partial charge in [0, 0.05) is 33.6 Å². The van der Waals surface area contributed by atoms with Crippen molar-refractivity contribution in [3.63, 3.8) is 0 Å². The van der Waals surface area contributed by atoms with E-state index in [9.17, 15) is 9.50 Å². The molecule has 3 heterocycles. The number of allylic oxidation sites excluding steroid dienone is 3. The zero-order valence-corrected chi connectivity index (χ0v) is 20.0. The molecule has 3 aromatic heterocycles. The Morgan fingerprint density at radius 2 is 2.06 bits per heavy atom. The van der Waals surface area contributed by atoms with Gasteiger partial charge in [0.25, 0.3) is 0 Å². The van der Waals surface area contributed by atoms with Gasteiger partial charge in [-0.15, -0.1) is 11.3 Å². The molecule has 34 heavy (non-hydrogen) atoms. The zero-order valence-electron chi connectivity index (χ0n) is 18.4. The maximum atomic E-state index is 14.7. The Morgan fingerprint density at radius 1 is 1.24 bits per heavy atom. The van der Waals surface area contributed by atoms with Crippen molar-refractivity contribution in [2.75, 3.05) is 16.4 Å². The van der Waals surface area contributed by atoms with Crippen LogP contribution in [0, 0.1) is 12.8 Å². The molecule has 5 N–H and O–H groups in total. The molecule has 1 aromatic carbocycles. The first-order chi connectivity index (χ1) is 16.3. The van der Waals surface area contributed by atoms with Gasteiger partial charge in [0.15, 0.2) is 12.1 Å². The van der Waals surface area contributed by atoms with Gasteiger partial charge in [-0.3, -0.25) is 0 Å². The first-order valence-electron chi connectivity index (χ1n) is 10.7. The predicted octanol–water partition coefficient (Wildman–Crippen LogP) is 5.99. The number of hydrogen-bond donors (Lipinski definition) is 4. The van der Waals surface area contributed by atoms with Crippen LogP contribution in [0.25, 0.3) is 21.0 Å². The summed E-state index contributed by atoms with van der Waals surface area (Å²) in [7, 11) is 0. The summed E-state index contributed by atoms with van der Waals surface area (Å²) in [6.07, 6.45) is 4.28. The van der Waals surface area contributed by atoms with Crippen LogP contribution in [0.3, 0.4) is 0 Å². The fourth-order valence-corrected chi connectivity index (χ4v) is 5.40. The van der Waals surface area contributed by atoms with Crippen molar-refractivity contribution in [3.05, 3.63) is 69.9 Å². The van der Waals surface area contributed by atoms with Gasteiger partial charge in [-0.05, 0) is 30.9 Å². The van der Waals surface area contributed by atoms with Crippen molar-refractivity contribution >= 4 is 61.2 Å². The Balaban J connectivity index is 1.52. The number of pyridine rings is 1.